The van der Waals surface area contributed by atoms with Crippen LogP contribution in [0.1, 0.15) is 24.8 Å². The first-order valence-corrected chi connectivity index (χ1v) is 7.97. The Morgan fingerprint density at radius 2 is 1.90 bits per heavy atom. The molecule has 3 aliphatic heterocycles. The molecule has 1 aromatic carbocycles. The predicted molar refractivity (Wildman–Crippen MR) is 81.5 cm³/mol. The summed E-state index contributed by atoms with van der Waals surface area (Å²) in [6.07, 6.45) is 3.84. The molecule has 1 atom stereocenters. The standard InChI is InChI=1S/C17H25NO3/c19-11-1-2-14-3-5-16(6-4-14)21-13-17(20)12-18-9-7-15(17)8-10-18/h3-6,15,19-20H,1-2,7-13H2. The third kappa shape index (κ3) is 3.39. The molecule has 0 radical (unpaired) electrons. The summed E-state index contributed by atoms with van der Waals surface area (Å²) in [5.74, 6) is 1.19. The Kier molecular flexibility index (Phi) is 4.48. The highest BCUT2D eigenvalue weighted by atomic mass is 16.5. The maximum atomic E-state index is 10.8. The molecule has 0 amide bonds. The number of ether oxygens (including phenoxy) is 1. The average Bonchev–Trinajstić information content (AvgIpc) is 2.53. The van der Waals surface area contributed by atoms with Gasteiger partial charge >= 0.3 is 0 Å². The van der Waals surface area contributed by atoms with Crippen LogP contribution >= 0.6 is 0 Å². The van der Waals surface area contributed by atoms with Crippen LogP contribution in [0.2, 0.25) is 0 Å². The van der Waals surface area contributed by atoms with Gasteiger partial charge in [0, 0.05) is 13.2 Å². The summed E-state index contributed by atoms with van der Waals surface area (Å²) in [4.78, 5) is 2.33. The van der Waals surface area contributed by atoms with Crippen molar-refractivity contribution in [3.8, 4) is 5.75 Å². The van der Waals surface area contributed by atoms with Crippen molar-refractivity contribution < 1.29 is 14.9 Å². The molecular formula is C17H25NO3. The molecule has 3 fully saturated rings. The summed E-state index contributed by atoms with van der Waals surface area (Å²) in [5.41, 5.74) is 0.518. The molecule has 0 aromatic heterocycles. The van der Waals surface area contributed by atoms with E-state index in [9.17, 15) is 5.11 Å². The summed E-state index contributed by atoms with van der Waals surface area (Å²) < 4.78 is 5.83. The topological polar surface area (TPSA) is 52.9 Å². The second-order valence-electron chi connectivity index (χ2n) is 6.41. The van der Waals surface area contributed by atoms with E-state index < -0.39 is 5.60 Å². The van der Waals surface area contributed by atoms with E-state index in [1.807, 2.05) is 24.3 Å². The maximum absolute atomic E-state index is 10.8. The Hall–Kier alpha value is -1.10. The van der Waals surface area contributed by atoms with Crippen LogP contribution < -0.4 is 4.74 Å². The zero-order chi connectivity index (χ0) is 14.7. The van der Waals surface area contributed by atoms with Crippen LogP contribution in [-0.4, -0.2) is 53.6 Å². The molecular weight excluding hydrogens is 266 g/mol. The zero-order valence-electron chi connectivity index (χ0n) is 12.5. The van der Waals surface area contributed by atoms with E-state index in [1.54, 1.807) is 0 Å². The Labute approximate surface area is 126 Å². The van der Waals surface area contributed by atoms with E-state index in [0.717, 1.165) is 51.1 Å². The Morgan fingerprint density at radius 3 is 2.48 bits per heavy atom. The molecule has 2 N–H and O–H groups in total. The molecule has 3 aliphatic rings. The summed E-state index contributed by atoms with van der Waals surface area (Å²) >= 11 is 0. The van der Waals surface area contributed by atoms with Crippen LogP contribution in [0.15, 0.2) is 24.3 Å². The number of hydrogen-bond acceptors (Lipinski definition) is 4. The van der Waals surface area contributed by atoms with E-state index >= 15 is 0 Å². The molecule has 1 aromatic rings. The van der Waals surface area contributed by atoms with E-state index in [4.69, 9.17) is 9.84 Å². The molecule has 4 heteroatoms. The van der Waals surface area contributed by atoms with E-state index in [2.05, 4.69) is 4.90 Å². The minimum Gasteiger partial charge on any atom is -0.491 e. The van der Waals surface area contributed by atoms with Crippen LogP contribution in [-0.2, 0) is 6.42 Å². The van der Waals surface area contributed by atoms with Gasteiger partial charge < -0.3 is 19.8 Å². The van der Waals surface area contributed by atoms with Crippen LogP contribution in [0.25, 0.3) is 0 Å². The second-order valence-corrected chi connectivity index (χ2v) is 6.41. The van der Waals surface area contributed by atoms with Gasteiger partial charge in [-0.3, -0.25) is 0 Å². The summed E-state index contributed by atoms with van der Waals surface area (Å²) in [7, 11) is 0. The fourth-order valence-corrected chi connectivity index (χ4v) is 3.55. The maximum Gasteiger partial charge on any atom is 0.119 e. The van der Waals surface area contributed by atoms with E-state index in [-0.39, 0.29) is 6.61 Å². The third-order valence-electron chi connectivity index (χ3n) is 4.88. The minimum absolute atomic E-state index is 0.225. The van der Waals surface area contributed by atoms with Crippen molar-refractivity contribution in [3.63, 3.8) is 0 Å². The van der Waals surface area contributed by atoms with Gasteiger partial charge in [0.1, 0.15) is 18.0 Å². The third-order valence-corrected chi connectivity index (χ3v) is 4.88. The number of nitrogens with zero attached hydrogens (tertiary/aromatic N) is 1. The number of benzene rings is 1. The lowest BCUT2D eigenvalue weighted by molar-refractivity contribution is -0.131. The number of aryl methyl sites for hydroxylation is 1. The molecule has 4 rings (SSSR count). The Morgan fingerprint density at radius 1 is 1.19 bits per heavy atom. The first-order valence-electron chi connectivity index (χ1n) is 7.97. The van der Waals surface area contributed by atoms with Crippen LogP contribution in [0.3, 0.4) is 0 Å². The normalized spacial score (nSPS) is 31.3. The number of hydrogen-bond donors (Lipinski definition) is 2. The van der Waals surface area contributed by atoms with Gasteiger partial charge in [0.15, 0.2) is 0 Å². The van der Waals surface area contributed by atoms with Crippen molar-refractivity contribution in [1.29, 1.82) is 0 Å². The number of fused-ring (bicyclic) bond motifs is 3. The highest BCUT2D eigenvalue weighted by molar-refractivity contribution is 5.27. The second kappa shape index (κ2) is 6.34. The monoisotopic (exact) mass is 291 g/mol. The SMILES string of the molecule is OCCCc1ccc(OCC2(O)CN3CCC2CC3)cc1. The molecule has 3 heterocycles. The van der Waals surface area contributed by atoms with E-state index in [0.29, 0.717) is 12.5 Å². The highest BCUT2D eigenvalue weighted by Crippen LogP contribution is 2.36. The lowest BCUT2D eigenvalue weighted by Gasteiger charge is -2.50. The van der Waals surface area contributed by atoms with Crippen molar-refractivity contribution in [2.75, 3.05) is 32.8 Å². The molecule has 0 saturated carbocycles. The largest absolute Gasteiger partial charge is 0.491 e. The van der Waals surface area contributed by atoms with Crippen molar-refractivity contribution >= 4 is 0 Å². The van der Waals surface area contributed by atoms with Crippen LogP contribution in [0.5, 0.6) is 5.75 Å². The molecule has 4 nitrogen and oxygen atoms in total. The first kappa shape index (κ1) is 14.8. The smallest absolute Gasteiger partial charge is 0.119 e. The number of piperidine rings is 3. The van der Waals surface area contributed by atoms with Gasteiger partial charge in [0.05, 0.1) is 0 Å². The van der Waals surface area contributed by atoms with Crippen LogP contribution in [0.4, 0.5) is 0 Å². The zero-order valence-corrected chi connectivity index (χ0v) is 12.5. The average molecular weight is 291 g/mol. The van der Waals surface area contributed by atoms with Gasteiger partial charge in [-0.1, -0.05) is 12.1 Å². The quantitative estimate of drug-likeness (QED) is 0.833. The Balaban J connectivity index is 1.55. The lowest BCUT2D eigenvalue weighted by atomic mass is 9.76. The molecule has 116 valence electrons. The van der Waals surface area contributed by atoms with Crippen molar-refractivity contribution in [2.24, 2.45) is 5.92 Å². The van der Waals surface area contributed by atoms with Gasteiger partial charge in [-0.05, 0) is 62.4 Å². The molecule has 0 spiro atoms. The summed E-state index contributed by atoms with van der Waals surface area (Å²) in [6, 6.07) is 7.98. The van der Waals surface area contributed by atoms with Gasteiger partial charge in [-0.2, -0.15) is 0 Å². The highest BCUT2D eigenvalue weighted by Gasteiger charge is 2.45. The van der Waals surface area contributed by atoms with Gasteiger partial charge in [0.25, 0.3) is 0 Å². The van der Waals surface area contributed by atoms with Gasteiger partial charge in [0.2, 0.25) is 0 Å². The fourth-order valence-electron chi connectivity index (χ4n) is 3.55. The molecule has 2 bridgehead atoms. The number of rotatable bonds is 6. The first-order chi connectivity index (χ1) is 10.2. The molecule has 21 heavy (non-hydrogen) atoms. The van der Waals surface area contributed by atoms with E-state index in [1.165, 1.54) is 5.56 Å². The lowest BCUT2D eigenvalue weighted by Crippen LogP contribution is -2.61. The van der Waals surface area contributed by atoms with Crippen LogP contribution in [0, 0.1) is 5.92 Å². The Bertz CT molecular complexity index is 454. The molecule has 1 unspecified atom stereocenters. The summed E-state index contributed by atoms with van der Waals surface area (Å²) in [5, 5.41) is 19.6. The van der Waals surface area contributed by atoms with Gasteiger partial charge in [-0.25, -0.2) is 0 Å². The molecule has 0 aliphatic carbocycles. The van der Waals surface area contributed by atoms with Crippen molar-refractivity contribution in [3.05, 3.63) is 29.8 Å². The van der Waals surface area contributed by atoms with Gasteiger partial charge in [-0.15, -0.1) is 0 Å². The predicted octanol–water partition coefficient (Wildman–Crippen LogP) is 1.45. The fraction of sp³-hybridized carbons (Fsp3) is 0.647. The number of aliphatic hydroxyl groups is 2. The minimum atomic E-state index is -0.688. The summed E-state index contributed by atoms with van der Waals surface area (Å²) in [6.45, 7) is 3.58. The van der Waals surface area contributed by atoms with Crippen molar-refractivity contribution in [1.82, 2.24) is 4.90 Å². The number of aliphatic hydroxyl groups excluding tert-OH is 1. The van der Waals surface area contributed by atoms with Crippen molar-refractivity contribution in [2.45, 2.75) is 31.3 Å². The molecule has 3 saturated heterocycles.